The number of carbonyl (C=O) groups is 2. The quantitative estimate of drug-likeness (QED) is 0.512. The molecule has 0 aliphatic rings. The molecule has 0 bridgehead atoms. The average molecular weight is 461 g/mol. The van der Waals surface area contributed by atoms with E-state index in [9.17, 15) is 19.1 Å². The predicted octanol–water partition coefficient (Wildman–Crippen LogP) is 4.41. The number of hydrogen-bond acceptors (Lipinski definition) is 4. The van der Waals surface area contributed by atoms with Gasteiger partial charge in [0.25, 0.3) is 5.91 Å². The zero-order valence-electron chi connectivity index (χ0n) is 18.4. The smallest absolute Gasteiger partial charge is 0.313 e. The molecule has 3 aromatic rings. The third-order valence-corrected chi connectivity index (χ3v) is 5.98. The molecule has 2 atom stereocenters. The van der Waals surface area contributed by atoms with Crippen molar-refractivity contribution in [3.63, 3.8) is 0 Å². The number of carbonyl (C=O) groups excluding carboxylic acids is 2. The highest BCUT2D eigenvalue weighted by atomic mass is 35.5. The molecular formula is C24H26ClFN2O4. The number of ether oxygens (including phenoxy) is 1. The lowest BCUT2D eigenvalue weighted by atomic mass is 9.98. The Hall–Kier alpha value is -2.90. The summed E-state index contributed by atoms with van der Waals surface area (Å²) in [7, 11) is 1.70. The summed E-state index contributed by atoms with van der Waals surface area (Å²) in [6, 6.07) is 9.56. The second-order valence-electron chi connectivity index (χ2n) is 7.69. The van der Waals surface area contributed by atoms with Crippen LogP contribution in [0.5, 0.6) is 0 Å². The van der Waals surface area contributed by atoms with Crippen LogP contribution in [0.15, 0.2) is 36.4 Å². The Morgan fingerprint density at radius 2 is 1.84 bits per heavy atom. The van der Waals surface area contributed by atoms with Crippen LogP contribution in [-0.2, 0) is 16.6 Å². The number of rotatable bonds is 7. The number of aliphatic hydroxyl groups excluding tert-OH is 1. The number of halogens is 2. The number of aryl methyl sites for hydroxylation is 2. The van der Waals surface area contributed by atoms with Crippen molar-refractivity contribution in [3.05, 3.63) is 69.6 Å². The van der Waals surface area contributed by atoms with Gasteiger partial charge in [-0.25, -0.2) is 4.39 Å². The third kappa shape index (κ3) is 4.49. The third-order valence-electron chi connectivity index (χ3n) is 5.61. The number of hydrogen-bond donors (Lipinski definition) is 2. The summed E-state index contributed by atoms with van der Waals surface area (Å²) in [5, 5.41) is 13.1. The van der Waals surface area contributed by atoms with E-state index in [1.807, 2.05) is 0 Å². The Labute approximate surface area is 190 Å². The first-order valence-corrected chi connectivity index (χ1v) is 10.7. The Kier molecular flexibility index (Phi) is 7.21. The molecule has 0 radical (unpaired) electrons. The first-order chi connectivity index (χ1) is 15.2. The minimum atomic E-state index is -0.665. The molecule has 2 aromatic carbocycles. The molecule has 1 heterocycles. The molecule has 1 aromatic heterocycles. The fourth-order valence-electron chi connectivity index (χ4n) is 3.63. The fourth-order valence-corrected chi connectivity index (χ4v) is 3.93. The van der Waals surface area contributed by atoms with Gasteiger partial charge in [0.05, 0.1) is 35.7 Å². The standard InChI is InChI=1S/C24H26ClFN2O4/c1-5-32-24(31)14(3)15-6-8-16(9-7-15)18(12-29)27-23(30)20-11-17-19(28(20)4)10-13(2)22(26)21(17)25/h6-11,14,18,29H,5,12H2,1-4H3,(H,27,30)/t14?,18-/m1/s1. The van der Waals surface area contributed by atoms with Crippen molar-refractivity contribution in [3.8, 4) is 0 Å². The Morgan fingerprint density at radius 1 is 1.22 bits per heavy atom. The van der Waals surface area contributed by atoms with Crippen LogP contribution in [0.1, 0.15) is 53.0 Å². The minimum Gasteiger partial charge on any atom is -0.466 e. The normalized spacial score (nSPS) is 13.1. The molecule has 32 heavy (non-hydrogen) atoms. The van der Waals surface area contributed by atoms with Gasteiger partial charge in [-0.1, -0.05) is 35.9 Å². The highest BCUT2D eigenvalue weighted by molar-refractivity contribution is 6.36. The number of amides is 1. The number of fused-ring (bicyclic) bond motifs is 1. The van der Waals surface area contributed by atoms with Gasteiger partial charge in [-0.15, -0.1) is 0 Å². The molecule has 170 valence electrons. The summed E-state index contributed by atoms with van der Waals surface area (Å²) in [6.07, 6.45) is 0. The van der Waals surface area contributed by atoms with Crippen LogP contribution in [-0.4, -0.2) is 34.8 Å². The van der Waals surface area contributed by atoms with Gasteiger partial charge in [-0.3, -0.25) is 9.59 Å². The van der Waals surface area contributed by atoms with Crippen molar-refractivity contribution in [2.24, 2.45) is 7.05 Å². The first-order valence-electron chi connectivity index (χ1n) is 10.3. The lowest BCUT2D eigenvalue weighted by Gasteiger charge is -2.18. The van der Waals surface area contributed by atoms with E-state index in [-0.39, 0.29) is 23.3 Å². The number of aliphatic hydroxyl groups is 1. The number of esters is 1. The molecule has 8 heteroatoms. The van der Waals surface area contributed by atoms with Crippen molar-refractivity contribution >= 4 is 34.4 Å². The van der Waals surface area contributed by atoms with Gasteiger partial charge in [-0.2, -0.15) is 0 Å². The predicted molar refractivity (Wildman–Crippen MR) is 121 cm³/mol. The van der Waals surface area contributed by atoms with Crippen LogP contribution < -0.4 is 5.32 Å². The van der Waals surface area contributed by atoms with Gasteiger partial charge in [0, 0.05) is 12.4 Å². The molecule has 3 rings (SSSR count). The van der Waals surface area contributed by atoms with Gasteiger partial charge in [0.1, 0.15) is 11.5 Å². The Bertz CT molecular complexity index is 1160. The first kappa shape index (κ1) is 23.8. The van der Waals surface area contributed by atoms with E-state index in [0.717, 1.165) is 5.56 Å². The number of benzene rings is 2. The van der Waals surface area contributed by atoms with Crippen LogP contribution in [0.25, 0.3) is 10.9 Å². The number of nitrogens with zero attached hydrogens (tertiary/aromatic N) is 1. The molecule has 0 aliphatic heterocycles. The highest BCUT2D eigenvalue weighted by Crippen LogP contribution is 2.31. The maximum absolute atomic E-state index is 14.2. The van der Waals surface area contributed by atoms with Crippen molar-refractivity contribution in [1.82, 2.24) is 9.88 Å². The van der Waals surface area contributed by atoms with Crippen molar-refractivity contribution in [2.75, 3.05) is 13.2 Å². The van der Waals surface area contributed by atoms with E-state index in [2.05, 4.69) is 5.32 Å². The van der Waals surface area contributed by atoms with Crippen molar-refractivity contribution in [1.29, 1.82) is 0 Å². The van der Waals surface area contributed by atoms with E-state index in [0.29, 0.717) is 28.6 Å². The SMILES string of the molecule is CCOC(=O)C(C)c1ccc([C@@H](CO)NC(=O)c2cc3c(Cl)c(F)c(C)cc3n2C)cc1. The van der Waals surface area contributed by atoms with Crippen molar-refractivity contribution < 1.29 is 23.8 Å². The van der Waals surface area contributed by atoms with E-state index < -0.39 is 23.7 Å². The van der Waals surface area contributed by atoms with Gasteiger partial charge >= 0.3 is 5.97 Å². The largest absolute Gasteiger partial charge is 0.466 e. The highest BCUT2D eigenvalue weighted by Gasteiger charge is 2.22. The maximum atomic E-state index is 14.2. The molecule has 2 N–H and O–H groups in total. The van der Waals surface area contributed by atoms with Crippen LogP contribution in [0.3, 0.4) is 0 Å². The van der Waals surface area contributed by atoms with E-state index in [1.54, 1.807) is 62.7 Å². The lowest BCUT2D eigenvalue weighted by molar-refractivity contribution is -0.144. The molecule has 1 amide bonds. The molecule has 0 aliphatic carbocycles. The second kappa shape index (κ2) is 9.71. The summed E-state index contributed by atoms with van der Waals surface area (Å²) in [5.41, 5.74) is 2.77. The Balaban J connectivity index is 1.83. The topological polar surface area (TPSA) is 80.6 Å². The molecule has 6 nitrogen and oxygen atoms in total. The zero-order chi connectivity index (χ0) is 23.6. The summed E-state index contributed by atoms with van der Waals surface area (Å²) in [4.78, 5) is 24.9. The van der Waals surface area contributed by atoms with Gasteiger partial charge in [0.2, 0.25) is 0 Å². The molecule has 0 saturated carbocycles. The number of aromatic nitrogens is 1. The van der Waals surface area contributed by atoms with Gasteiger partial charge < -0.3 is 19.7 Å². The van der Waals surface area contributed by atoms with Crippen LogP contribution in [0.4, 0.5) is 4.39 Å². The maximum Gasteiger partial charge on any atom is 0.313 e. The molecule has 0 spiro atoms. The number of nitrogens with one attached hydrogen (secondary N) is 1. The van der Waals surface area contributed by atoms with E-state index in [1.165, 1.54) is 6.07 Å². The summed E-state index contributed by atoms with van der Waals surface area (Å²) in [5.74, 6) is -1.67. The summed E-state index contributed by atoms with van der Waals surface area (Å²) in [6.45, 7) is 5.11. The average Bonchev–Trinajstić information content (AvgIpc) is 3.12. The van der Waals surface area contributed by atoms with Crippen LogP contribution in [0.2, 0.25) is 5.02 Å². The summed E-state index contributed by atoms with van der Waals surface area (Å²) < 4.78 is 20.9. The van der Waals surface area contributed by atoms with Crippen LogP contribution >= 0.6 is 11.6 Å². The van der Waals surface area contributed by atoms with Crippen LogP contribution in [0, 0.1) is 12.7 Å². The monoisotopic (exact) mass is 460 g/mol. The molecule has 0 saturated heterocycles. The van der Waals surface area contributed by atoms with E-state index >= 15 is 0 Å². The lowest BCUT2D eigenvalue weighted by Crippen LogP contribution is -2.32. The van der Waals surface area contributed by atoms with E-state index in [4.69, 9.17) is 16.3 Å². The fraction of sp³-hybridized carbons (Fsp3) is 0.333. The zero-order valence-corrected chi connectivity index (χ0v) is 19.2. The summed E-state index contributed by atoms with van der Waals surface area (Å²) >= 11 is 6.14. The second-order valence-corrected chi connectivity index (χ2v) is 8.07. The minimum absolute atomic E-state index is 0.0281. The Morgan fingerprint density at radius 3 is 2.44 bits per heavy atom. The van der Waals surface area contributed by atoms with Gasteiger partial charge in [-0.05, 0) is 49.6 Å². The van der Waals surface area contributed by atoms with Crippen molar-refractivity contribution in [2.45, 2.75) is 32.7 Å². The molecule has 0 fully saturated rings. The van der Waals surface area contributed by atoms with Gasteiger partial charge in [0.15, 0.2) is 0 Å². The molecular weight excluding hydrogens is 435 g/mol. The molecule has 1 unspecified atom stereocenters.